The third-order valence-corrected chi connectivity index (χ3v) is 2.67. The van der Waals surface area contributed by atoms with Gasteiger partial charge in [0.2, 0.25) is 0 Å². The maximum atomic E-state index is 5.84. The fourth-order valence-electron chi connectivity index (χ4n) is 1.81. The van der Waals surface area contributed by atoms with E-state index in [2.05, 4.69) is 9.97 Å². The van der Waals surface area contributed by atoms with Crippen LogP contribution in [-0.2, 0) is 0 Å². The first-order chi connectivity index (χ1) is 8.34. The Labute approximate surface area is 98.9 Å². The van der Waals surface area contributed by atoms with Gasteiger partial charge in [0.25, 0.3) is 0 Å². The maximum Gasteiger partial charge on any atom is 0.112 e. The molecule has 1 aromatic heterocycles. The third-order valence-electron chi connectivity index (χ3n) is 2.67. The molecule has 1 heterocycles. The monoisotopic (exact) mass is 221 g/mol. The Hall–Kier alpha value is -2.42. The maximum absolute atomic E-state index is 5.84. The number of nitrogens with two attached hydrogens (primary N) is 1. The highest BCUT2D eigenvalue weighted by Gasteiger charge is 2.03. The second kappa shape index (κ2) is 3.87. The van der Waals surface area contributed by atoms with E-state index in [0.29, 0.717) is 5.69 Å². The predicted octanol–water partition coefficient (Wildman–Crippen LogP) is 2.88. The SMILES string of the molecule is Nc1cccc2nc(-c3ccccc3)cnc12. The fourth-order valence-corrected chi connectivity index (χ4v) is 1.81. The summed E-state index contributed by atoms with van der Waals surface area (Å²) in [5.74, 6) is 0. The predicted molar refractivity (Wildman–Crippen MR) is 69.4 cm³/mol. The van der Waals surface area contributed by atoms with Gasteiger partial charge in [-0.25, -0.2) is 4.98 Å². The van der Waals surface area contributed by atoms with E-state index < -0.39 is 0 Å². The number of anilines is 1. The van der Waals surface area contributed by atoms with E-state index >= 15 is 0 Å². The van der Waals surface area contributed by atoms with E-state index in [9.17, 15) is 0 Å². The molecule has 0 amide bonds. The van der Waals surface area contributed by atoms with E-state index in [1.807, 2.05) is 48.5 Å². The highest BCUT2D eigenvalue weighted by atomic mass is 14.8. The van der Waals surface area contributed by atoms with Crippen molar-refractivity contribution in [3.63, 3.8) is 0 Å². The van der Waals surface area contributed by atoms with Gasteiger partial charge in [0.05, 0.1) is 23.1 Å². The molecule has 3 heteroatoms. The van der Waals surface area contributed by atoms with Crippen LogP contribution in [0.3, 0.4) is 0 Å². The first kappa shape index (κ1) is 9.78. The Morgan fingerprint density at radius 3 is 2.53 bits per heavy atom. The van der Waals surface area contributed by atoms with Crippen LogP contribution in [-0.4, -0.2) is 9.97 Å². The summed E-state index contributed by atoms with van der Waals surface area (Å²) in [5, 5.41) is 0. The van der Waals surface area contributed by atoms with Crippen LogP contribution in [0.25, 0.3) is 22.3 Å². The Balaban J connectivity index is 2.21. The quantitative estimate of drug-likeness (QED) is 0.643. The summed E-state index contributed by atoms with van der Waals surface area (Å²) in [6, 6.07) is 15.6. The number of rotatable bonds is 1. The standard InChI is InChI=1S/C14H11N3/c15-11-7-4-8-12-14(11)16-9-13(17-12)10-5-2-1-3-6-10/h1-9H,15H2. The number of nitrogens with zero attached hydrogens (tertiary/aromatic N) is 2. The fraction of sp³-hybridized carbons (Fsp3) is 0. The topological polar surface area (TPSA) is 51.8 Å². The molecule has 0 fully saturated rings. The van der Waals surface area contributed by atoms with Gasteiger partial charge in [0.15, 0.2) is 0 Å². The van der Waals surface area contributed by atoms with E-state index in [1.165, 1.54) is 0 Å². The molecule has 0 atom stereocenters. The van der Waals surface area contributed by atoms with E-state index in [1.54, 1.807) is 6.20 Å². The average molecular weight is 221 g/mol. The Kier molecular flexibility index (Phi) is 2.22. The summed E-state index contributed by atoms with van der Waals surface area (Å²) in [4.78, 5) is 8.93. The van der Waals surface area contributed by atoms with Crippen molar-refractivity contribution >= 4 is 16.7 Å². The minimum absolute atomic E-state index is 0.662. The molecule has 0 spiro atoms. The van der Waals surface area contributed by atoms with Crippen LogP contribution < -0.4 is 5.73 Å². The minimum atomic E-state index is 0.662. The normalized spacial score (nSPS) is 10.6. The number of hydrogen-bond donors (Lipinski definition) is 1. The van der Waals surface area contributed by atoms with Gasteiger partial charge in [-0.05, 0) is 12.1 Å². The summed E-state index contributed by atoms with van der Waals surface area (Å²) in [7, 11) is 0. The van der Waals surface area contributed by atoms with Gasteiger partial charge in [0.1, 0.15) is 5.52 Å². The largest absolute Gasteiger partial charge is 0.397 e. The van der Waals surface area contributed by atoms with Gasteiger partial charge in [-0.15, -0.1) is 0 Å². The molecule has 17 heavy (non-hydrogen) atoms. The van der Waals surface area contributed by atoms with Crippen LogP contribution in [0.1, 0.15) is 0 Å². The number of hydrogen-bond acceptors (Lipinski definition) is 3. The lowest BCUT2D eigenvalue weighted by molar-refractivity contribution is 1.29. The van der Waals surface area contributed by atoms with Gasteiger partial charge in [-0.2, -0.15) is 0 Å². The van der Waals surface area contributed by atoms with Crippen LogP contribution in [0.15, 0.2) is 54.7 Å². The van der Waals surface area contributed by atoms with Crippen LogP contribution in [0, 0.1) is 0 Å². The van der Waals surface area contributed by atoms with Crippen LogP contribution >= 0.6 is 0 Å². The Morgan fingerprint density at radius 2 is 1.71 bits per heavy atom. The van der Waals surface area contributed by atoms with E-state index in [4.69, 9.17) is 5.73 Å². The summed E-state index contributed by atoms with van der Waals surface area (Å²) in [5.41, 5.74) is 10.0. The lowest BCUT2D eigenvalue weighted by Crippen LogP contribution is -1.93. The third kappa shape index (κ3) is 1.72. The molecule has 2 aromatic carbocycles. The van der Waals surface area contributed by atoms with Crippen molar-refractivity contribution in [2.24, 2.45) is 0 Å². The van der Waals surface area contributed by atoms with Gasteiger partial charge in [-0.3, -0.25) is 4.98 Å². The lowest BCUT2D eigenvalue weighted by Gasteiger charge is -2.03. The number of nitrogen functional groups attached to an aromatic ring is 1. The van der Waals surface area contributed by atoms with Crippen LogP contribution in [0.4, 0.5) is 5.69 Å². The number of aromatic nitrogens is 2. The molecule has 0 aliphatic carbocycles. The molecule has 2 N–H and O–H groups in total. The molecule has 3 nitrogen and oxygen atoms in total. The van der Waals surface area contributed by atoms with E-state index in [-0.39, 0.29) is 0 Å². The van der Waals surface area contributed by atoms with Gasteiger partial charge >= 0.3 is 0 Å². The van der Waals surface area contributed by atoms with Crippen molar-refractivity contribution < 1.29 is 0 Å². The molecule has 3 aromatic rings. The molecule has 0 saturated carbocycles. The molecular formula is C14H11N3. The van der Waals surface area contributed by atoms with Crippen LogP contribution in [0.2, 0.25) is 0 Å². The Morgan fingerprint density at radius 1 is 0.882 bits per heavy atom. The molecule has 82 valence electrons. The van der Waals surface area contributed by atoms with Crippen molar-refractivity contribution in [1.29, 1.82) is 0 Å². The lowest BCUT2D eigenvalue weighted by atomic mass is 10.1. The zero-order valence-corrected chi connectivity index (χ0v) is 9.17. The van der Waals surface area contributed by atoms with Gasteiger partial charge in [0, 0.05) is 5.56 Å². The number of fused-ring (bicyclic) bond motifs is 1. The van der Waals surface area contributed by atoms with Crippen LogP contribution in [0.5, 0.6) is 0 Å². The average Bonchev–Trinajstić information content (AvgIpc) is 2.40. The second-order valence-corrected chi connectivity index (χ2v) is 3.84. The molecule has 0 radical (unpaired) electrons. The zero-order chi connectivity index (χ0) is 11.7. The van der Waals surface area contributed by atoms with E-state index in [0.717, 1.165) is 22.3 Å². The summed E-state index contributed by atoms with van der Waals surface area (Å²) < 4.78 is 0. The van der Waals surface area contributed by atoms with Crippen molar-refractivity contribution in [3.05, 3.63) is 54.7 Å². The molecule has 0 aliphatic heterocycles. The molecule has 0 bridgehead atoms. The van der Waals surface area contributed by atoms with Gasteiger partial charge < -0.3 is 5.73 Å². The number of para-hydroxylation sites is 1. The Bertz CT molecular complexity index is 663. The first-order valence-corrected chi connectivity index (χ1v) is 5.41. The molecule has 0 aliphatic rings. The molecular weight excluding hydrogens is 210 g/mol. The summed E-state index contributed by atoms with van der Waals surface area (Å²) >= 11 is 0. The first-order valence-electron chi connectivity index (χ1n) is 5.41. The smallest absolute Gasteiger partial charge is 0.112 e. The highest BCUT2D eigenvalue weighted by molar-refractivity contribution is 5.87. The summed E-state index contributed by atoms with van der Waals surface area (Å²) in [6.45, 7) is 0. The van der Waals surface area contributed by atoms with Crippen molar-refractivity contribution in [3.8, 4) is 11.3 Å². The van der Waals surface area contributed by atoms with Crippen molar-refractivity contribution in [1.82, 2.24) is 9.97 Å². The highest BCUT2D eigenvalue weighted by Crippen LogP contribution is 2.21. The van der Waals surface area contributed by atoms with Gasteiger partial charge in [-0.1, -0.05) is 36.4 Å². The van der Waals surface area contributed by atoms with Crippen molar-refractivity contribution in [2.75, 3.05) is 5.73 Å². The van der Waals surface area contributed by atoms with Crippen molar-refractivity contribution in [2.45, 2.75) is 0 Å². The molecule has 3 rings (SSSR count). The summed E-state index contributed by atoms with van der Waals surface area (Å²) in [6.07, 6.45) is 1.76. The minimum Gasteiger partial charge on any atom is -0.397 e. The molecule has 0 unspecified atom stereocenters. The zero-order valence-electron chi connectivity index (χ0n) is 9.17. The molecule has 0 saturated heterocycles. The second-order valence-electron chi connectivity index (χ2n) is 3.84. The number of benzene rings is 2.